The van der Waals surface area contributed by atoms with E-state index in [-0.39, 0.29) is 11.2 Å². The fraction of sp³-hybridized carbons (Fsp3) is 0.188. The van der Waals surface area contributed by atoms with Crippen molar-refractivity contribution < 1.29 is 4.39 Å². The molecule has 0 aliphatic carbocycles. The molecule has 1 heterocycles. The quantitative estimate of drug-likeness (QED) is 0.621. The summed E-state index contributed by atoms with van der Waals surface area (Å²) in [5.41, 5.74) is 3.34. The lowest BCUT2D eigenvalue weighted by Crippen LogP contribution is -2.02. The first-order chi connectivity index (χ1) is 9.58. The van der Waals surface area contributed by atoms with Gasteiger partial charge in [-0.3, -0.25) is 4.57 Å². The van der Waals surface area contributed by atoms with E-state index in [1.54, 1.807) is 13.0 Å². The number of hydrogen-bond donors (Lipinski definition) is 0. The van der Waals surface area contributed by atoms with Crippen molar-refractivity contribution >= 4 is 22.6 Å². The lowest BCUT2D eigenvalue weighted by molar-refractivity contribution is 0.618. The fourth-order valence-electron chi connectivity index (χ4n) is 2.35. The van der Waals surface area contributed by atoms with Crippen LogP contribution in [0.3, 0.4) is 0 Å². The molecule has 0 fully saturated rings. The highest BCUT2D eigenvalue weighted by atomic mass is 35.5. The lowest BCUT2D eigenvalue weighted by Gasteiger charge is -2.11. The Balaban J connectivity index is 2.33. The topological polar surface area (TPSA) is 17.8 Å². The van der Waals surface area contributed by atoms with Gasteiger partial charge in [0, 0.05) is 5.69 Å². The smallest absolute Gasteiger partial charge is 0.132 e. The van der Waals surface area contributed by atoms with E-state index in [9.17, 15) is 4.39 Å². The van der Waals surface area contributed by atoms with Gasteiger partial charge in [-0.1, -0.05) is 12.1 Å². The molecule has 2 nitrogen and oxygen atoms in total. The number of aromatic nitrogens is 2. The van der Waals surface area contributed by atoms with Gasteiger partial charge in [-0.25, -0.2) is 9.37 Å². The first-order valence-electron chi connectivity index (χ1n) is 6.46. The van der Waals surface area contributed by atoms with Crippen molar-refractivity contribution in [3.63, 3.8) is 0 Å². The lowest BCUT2D eigenvalue weighted by atomic mass is 10.2. The van der Waals surface area contributed by atoms with Crippen LogP contribution >= 0.6 is 11.6 Å². The second-order valence-electron chi connectivity index (χ2n) is 4.84. The molecule has 2 aromatic carbocycles. The third kappa shape index (κ3) is 2.08. The third-order valence-electron chi connectivity index (χ3n) is 3.34. The van der Waals surface area contributed by atoms with Gasteiger partial charge in [0.1, 0.15) is 11.6 Å². The second kappa shape index (κ2) is 4.91. The third-order valence-corrected chi connectivity index (χ3v) is 3.54. The monoisotopic (exact) mass is 288 g/mol. The van der Waals surface area contributed by atoms with Gasteiger partial charge in [-0.05, 0) is 49.7 Å². The molecule has 0 N–H and O–H groups in total. The number of hydrogen-bond acceptors (Lipinski definition) is 1. The molecule has 0 bridgehead atoms. The molecule has 0 spiro atoms. The highest BCUT2D eigenvalue weighted by Crippen LogP contribution is 2.28. The van der Waals surface area contributed by atoms with E-state index < -0.39 is 0 Å². The van der Waals surface area contributed by atoms with Crippen LogP contribution in [0, 0.1) is 12.7 Å². The molecule has 0 aliphatic heterocycles. The summed E-state index contributed by atoms with van der Waals surface area (Å²) in [6, 6.07) is 12.9. The molecule has 0 saturated carbocycles. The molecule has 3 aromatic rings. The van der Waals surface area contributed by atoms with E-state index in [0.717, 1.165) is 22.5 Å². The Labute approximate surface area is 121 Å². The van der Waals surface area contributed by atoms with E-state index in [1.807, 2.05) is 41.8 Å². The molecule has 1 unspecified atom stereocenters. The van der Waals surface area contributed by atoms with Gasteiger partial charge in [0.2, 0.25) is 0 Å². The molecular formula is C16H14ClFN2. The number of rotatable bonds is 2. The summed E-state index contributed by atoms with van der Waals surface area (Å²) >= 11 is 6.24. The van der Waals surface area contributed by atoms with Crippen LogP contribution in [0.5, 0.6) is 0 Å². The van der Waals surface area contributed by atoms with Crippen LogP contribution < -0.4 is 0 Å². The van der Waals surface area contributed by atoms with Crippen LogP contribution in [-0.4, -0.2) is 9.55 Å². The van der Waals surface area contributed by atoms with Crippen LogP contribution in [0.15, 0.2) is 42.5 Å². The number of benzene rings is 2. The summed E-state index contributed by atoms with van der Waals surface area (Å²) in [7, 11) is 0. The number of aryl methyl sites for hydroxylation is 1. The summed E-state index contributed by atoms with van der Waals surface area (Å²) < 4.78 is 15.4. The van der Waals surface area contributed by atoms with E-state index in [2.05, 4.69) is 4.98 Å². The van der Waals surface area contributed by atoms with Crippen molar-refractivity contribution in [3.05, 3.63) is 59.7 Å². The van der Waals surface area contributed by atoms with E-state index in [4.69, 9.17) is 11.6 Å². The van der Waals surface area contributed by atoms with Gasteiger partial charge < -0.3 is 0 Å². The average molecular weight is 289 g/mol. The average Bonchev–Trinajstić information content (AvgIpc) is 2.81. The van der Waals surface area contributed by atoms with Gasteiger partial charge in [-0.15, -0.1) is 11.6 Å². The Hall–Kier alpha value is -1.87. The predicted octanol–water partition coefficient (Wildman–Crippen LogP) is 4.77. The van der Waals surface area contributed by atoms with E-state index in [0.29, 0.717) is 5.56 Å². The maximum Gasteiger partial charge on any atom is 0.132 e. The number of fused-ring (bicyclic) bond motifs is 1. The molecule has 4 heteroatoms. The number of imidazole rings is 1. The van der Waals surface area contributed by atoms with Crippen molar-refractivity contribution in [1.29, 1.82) is 0 Å². The Morgan fingerprint density at radius 3 is 2.65 bits per heavy atom. The molecule has 0 amide bonds. The minimum absolute atomic E-state index is 0.210. The molecule has 1 aromatic heterocycles. The Kier molecular flexibility index (Phi) is 3.22. The molecule has 3 rings (SSSR count). The largest absolute Gasteiger partial charge is 0.295 e. The molecule has 102 valence electrons. The van der Waals surface area contributed by atoms with Crippen molar-refractivity contribution in [2.75, 3.05) is 0 Å². The van der Waals surface area contributed by atoms with Gasteiger partial charge in [0.15, 0.2) is 0 Å². The van der Waals surface area contributed by atoms with Crippen LogP contribution in [0.1, 0.15) is 23.7 Å². The molecule has 20 heavy (non-hydrogen) atoms. The van der Waals surface area contributed by atoms with Crippen molar-refractivity contribution in [2.24, 2.45) is 0 Å². The molecule has 0 saturated heterocycles. The number of nitrogens with zero attached hydrogens (tertiary/aromatic N) is 2. The second-order valence-corrected chi connectivity index (χ2v) is 5.50. The maximum absolute atomic E-state index is 13.5. The normalized spacial score (nSPS) is 12.8. The van der Waals surface area contributed by atoms with Crippen LogP contribution in [-0.2, 0) is 0 Å². The van der Waals surface area contributed by atoms with Crippen LogP contribution in [0.2, 0.25) is 0 Å². The highest BCUT2D eigenvalue weighted by molar-refractivity contribution is 6.20. The molecular weight excluding hydrogens is 275 g/mol. The highest BCUT2D eigenvalue weighted by Gasteiger charge is 2.16. The summed E-state index contributed by atoms with van der Waals surface area (Å²) in [5, 5.41) is -0.229. The summed E-state index contributed by atoms with van der Waals surface area (Å²) in [5.74, 6) is 0.553. The molecule has 0 radical (unpaired) electrons. The van der Waals surface area contributed by atoms with Crippen LogP contribution in [0.4, 0.5) is 4.39 Å². The predicted molar refractivity (Wildman–Crippen MR) is 80.0 cm³/mol. The SMILES string of the molecule is Cc1cc(-n2c(C(C)Cl)nc3ccccc32)ccc1F. The maximum atomic E-state index is 13.5. The fourth-order valence-corrected chi connectivity index (χ4v) is 2.50. The number of halogens is 2. The van der Waals surface area contributed by atoms with E-state index >= 15 is 0 Å². The Bertz CT molecular complexity index is 777. The zero-order valence-electron chi connectivity index (χ0n) is 11.3. The van der Waals surface area contributed by atoms with Gasteiger partial charge in [0.05, 0.1) is 16.4 Å². The number of alkyl halides is 1. The van der Waals surface area contributed by atoms with Crippen LogP contribution in [0.25, 0.3) is 16.7 Å². The first kappa shape index (κ1) is 13.1. The van der Waals surface area contributed by atoms with Crippen molar-refractivity contribution in [1.82, 2.24) is 9.55 Å². The minimum atomic E-state index is -0.229. The molecule has 0 aliphatic rings. The Morgan fingerprint density at radius 2 is 1.95 bits per heavy atom. The summed E-state index contributed by atoms with van der Waals surface area (Å²) in [4.78, 5) is 4.58. The minimum Gasteiger partial charge on any atom is -0.295 e. The van der Waals surface area contributed by atoms with E-state index in [1.165, 1.54) is 6.07 Å². The summed E-state index contributed by atoms with van der Waals surface area (Å²) in [6.07, 6.45) is 0. The van der Waals surface area contributed by atoms with Crippen molar-refractivity contribution in [3.8, 4) is 5.69 Å². The number of para-hydroxylation sites is 2. The standard InChI is InChI=1S/C16H14ClFN2/c1-10-9-12(7-8-13(10)18)20-15-6-4-3-5-14(15)19-16(20)11(2)17/h3-9,11H,1-2H3. The van der Waals surface area contributed by atoms with Gasteiger partial charge in [0.25, 0.3) is 0 Å². The zero-order chi connectivity index (χ0) is 14.3. The Morgan fingerprint density at radius 1 is 1.20 bits per heavy atom. The zero-order valence-corrected chi connectivity index (χ0v) is 12.0. The molecule has 1 atom stereocenters. The first-order valence-corrected chi connectivity index (χ1v) is 6.89. The summed E-state index contributed by atoms with van der Waals surface area (Å²) in [6.45, 7) is 3.64. The van der Waals surface area contributed by atoms with Gasteiger partial charge >= 0.3 is 0 Å². The van der Waals surface area contributed by atoms with Gasteiger partial charge in [-0.2, -0.15) is 0 Å². The van der Waals surface area contributed by atoms with Crippen molar-refractivity contribution in [2.45, 2.75) is 19.2 Å².